The molecule has 1 aliphatic carbocycles. The van der Waals surface area contributed by atoms with Crippen LogP contribution in [0.15, 0.2) is 30.3 Å². The minimum Gasteiger partial charge on any atom is -0.306 e. The van der Waals surface area contributed by atoms with E-state index in [-0.39, 0.29) is 6.04 Å². The van der Waals surface area contributed by atoms with Crippen molar-refractivity contribution >= 4 is 22.9 Å². The number of aryl methyl sites for hydroxylation is 2. The van der Waals surface area contributed by atoms with Crippen molar-refractivity contribution in [3.63, 3.8) is 0 Å². The van der Waals surface area contributed by atoms with Crippen LogP contribution in [0, 0.1) is 0 Å². The molecule has 112 valence electrons. The highest BCUT2D eigenvalue weighted by Crippen LogP contribution is 2.37. The molecule has 0 saturated heterocycles. The maximum Gasteiger partial charge on any atom is 0.0685 e. The summed E-state index contributed by atoms with van der Waals surface area (Å²) in [7, 11) is 0. The van der Waals surface area contributed by atoms with Gasteiger partial charge in [-0.3, -0.25) is 0 Å². The molecule has 1 nitrogen and oxygen atoms in total. The van der Waals surface area contributed by atoms with Crippen LogP contribution in [0.3, 0.4) is 0 Å². The zero-order valence-corrected chi connectivity index (χ0v) is 14.1. The van der Waals surface area contributed by atoms with E-state index in [0.29, 0.717) is 0 Å². The summed E-state index contributed by atoms with van der Waals surface area (Å²) in [6.45, 7) is 3.22. The van der Waals surface area contributed by atoms with E-state index in [4.69, 9.17) is 11.6 Å². The Hall–Kier alpha value is -0.830. The fourth-order valence-electron chi connectivity index (χ4n) is 3.02. The maximum atomic E-state index is 6.44. The summed E-state index contributed by atoms with van der Waals surface area (Å²) in [6.07, 6.45) is 6.30. The molecule has 3 heteroatoms. The van der Waals surface area contributed by atoms with Crippen LogP contribution in [0.5, 0.6) is 0 Å². The van der Waals surface area contributed by atoms with Crippen LogP contribution in [-0.2, 0) is 12.8 Å². The van der Waals surface area contributed by atoms with Crippen molar-refractivity contribution in [3.8, 4) is 0 Å². The highest BCUT2D eigenvalue weighted by Gasteiger charge is 2.21. The third-order valence-electron chi connectivity index (χ3n) is 4.11. The monoisotopic (exact) mass is 319 g/mol. The van der Waals surface area contributed by atoms with Gasteiger partial charge in [-0.2, -0.15) is 0 Å². The average molecular weight is 320 g/mol. The van der Waals surface area contributed by atoms with Crippen molar-refractivity contribution in [1.82, 2.24) is 5.32 Å². The summed E-state index contributed by atoms with van der Waals surface area (Å²) >= 11 is 8.42. The van der Waals surface area contributed by atoms with Gasteiger partial charge in [0, 0.05) is 14.8 Å². The van der Waals surface area contributed by atoms with Crippen LogP contribution < -0.4 is 5.32 Å². The topological polar surface area (TPSA) is 12.0 Å². The first-order chi connectivity index (χ1) is 10.3. The number of thiophene rings is 1. The van der Waals surface area contributed by atoms with Crippen LogP contribution in [-0.4, -0.2) is 6.54 Å². The molecular weight excluding hydrogens is 298 g/mol. The minimum atomic E-state index is 0.231. The highest BCUT2D eigenvalue weighted by atomic mass is 35.5. The number of fused-ring (bicyclic) bond motifs is 1. The molecule has 1 aromatic heterocycles. The lowest BCUT2D eigenvalue weighted by atomic mass is 9.97. The molecule has 2 aromatic rings. The van der Waals surface area contributed by atoms with Gasteiger partial charge < -0.3 is 5.32 Å². The van der Waals surface area contributed by atoms with E-state index in [1.807, 2.05) is 23.5 Å². The number of hydrogen-bond acceptors (Lipinski definition) is 2. The summed E-state index contributed by atoms with van der Waals surface area (Å²) in [4.78, 5) is 3.01. The van der Waals surface area contributed by atoms with E-state index < -0.39 is 0 Å². The second-order valence-electron chi connectivity index (χ2n) is 5.71. The Morgan fingerprint density at radius 1 is 1.24 bits per heavy atom. The Balaban J connectivity index is 1.95. The second-order valence-corrected chi connectivity index (χ2v) is 7.29. The Morgan fingerprint density at radius 2 is 2.05 bits per heavy atom. The quantitative estimate of drug-likeness (QED) is 0.781. The van der Waals surface area contributed by atoms with Crippen LogP contribution in [0.1, 0.15) is 53.1 Å². The van der Waals surface area contributed by atoms with Crippen molar-refractivity contribution in [2.24, 2.45) is 0 Å². The van der Waals surface area contributed by atoms with E-state index in [2.05, 4.69) is 30.4 Å². The fraction of sp³-hybridized carbons (Fsp3) is 0.444. The highest BCUT2D eigenvalue weighted by molar-refractivity contribution is 7.12. The molecule has 0 fully saturated rings. The largest absolute Gasteiger partial charge is 0.306 e. The molecule has 0 bridgehead atoms. The number of rotatable bonds is 5. The van der Waals surface area contributed by atoms with Crippen molar-refractivity contribution in [2.75, 3.05) is 6.54 Å². The average Bonchev–Trinajstić information content (AvgIpc) is 2.93. The molecule has 0 spiro atoms. The van der Waals surface area contributed by atoms with Crippen LogP contribution >= 0.6 is 22.9 Å². The lowest BCUT2D eigenvalue weighted by molar-refractivity contribution is 0.605. The third kappa shape index (κ3) is 3.33. The van der Waals surface area contributed by atoms with E-state index in [1.165, 1.54) is 36.1 Å². The smallest absolute Gasteiger partial charge is 0.0685 e. The molecule has 0 aliphatic heterocycles. The summed E-state index contributed by atoms with van der Waals surface area (Å²) < 4.78 is 0. The van der Waals surface area contributed by atoms with Gasteiger partial charge in [0.05, 0.1) is 6.04 Å². The summed E-state index contributed by atoms with van der Waals surface area (Å²) in [5.41, 5.74) is 2.77. The molecule has 1 aromatic carbocycles. The molecular formula is C18H22ClNS. The molecule has 1 unspecified atom stereocenters. The van der Waals surface area contributed by atoms with Crippen molar-refractivity contribution < 1.29 is 0 Å². The van der Waals surface area contributed by atoms with Crippen molar-refractivity contribution in [3.05, 3.63) is 56.2 Å². The number of halogens is 1. The third-order valence-corrected chi connectivity index (χ3v) is 5.76. The maximum absolute atomic E-state index is 6.44. The van der Waals surface area contributed by atoms with Gasteiger partial charge >= 0.3 is 0 Å². The number of benzene rings is 1. The SMILES string of the molecule is CCCNC(c1cc2c(s1)CCCC2)c1ccccc1Cl. The molecule has 0 radical (unpaired) electrons. The molecule has 1 heterocycles. The molecule has 1 N–H and O–H groups in total. The van der Waals surface area contributed by atoms with Gasteiger partial charge in [-0.05, 0) is 61.9 Å². The molecule has 1 atom stereocenters. The van der Waals surface area contributed by atoms with Gasteiger partial charge in [-0.25, -0.2) is 0 Å². The fourth-order valence-corrected chi connectivity index (χ4v) is 4.61. The second kappa shape index (κ2) is 6.95. The normalized spacial score (nSPS) is 15.7. The summed E-state index contributed by atoms with van der Waals surface area (Å²) in [6, 6.07) is 10.9. The first kappa shape index (κ1) is 15.1. The van der Waals surface area contributed by atoms with Crippen LogP contribution in [0.2, 0.25) is 5.02 Å². The van der Waals surface area contributed by atoms with Gasteiger partial charge in [-0.1, -0.05) is 36.7 Å². The Morgan fingerprint density at radius 3 is 2.81 bits per heavy atom. The molecule has 0 amide bonds. The standard InChI is InChI=1S/C18H22ClNS/c1-2-11-20-18(14-8-4-5-9-15(14)19)17-12-13-7-3-6-10-16(13)21-17/h4-5,8-9,12,18,20H,2-3,6-7,10-11H2,1H3. The summed E-state index contributed by atoms with van der Waals surface area (Å²) in [5, 5.41) is 4.54. The minimum absolute atomic E-state index is 0.231. The first-order valence-corrected chi connectivity index (χ1v) is 9.08. The van der Waals surface area contributed by atoms with E-state index in [0.717, 1.165) is 18.0 Å². The van der Waals surface area contributed by atoms with Crippen LogP contribution in [0.4, 0.5) is 0 Å². The number of hydrogen-bond donors (Lipinski definition) is 1. The first-order valence-electron chi connectivity index (χ1n) is 7.89. The Bertz CT molecular complexity index is 582. The van der Waals surface area contributed by atoms with E-state index in [1.54, 1.807) is 10.4 Å². The molecule has 1 aliphatic rings. The molecule has 3 rings (SSSR count). The Kier molecular flexibility index (Phi) is 4.99. The summed E-state index contributed by atoms with van der Waals surface area (Å²) in [5.74, 6) is 0. The van der Waals surface area contributed by atoms with Crippen LogP contribution in [0.25, 0.3) is 0 Å². The predicted molar refractivity (Wildman–Crippen MR) is 92.5 cm³/mol. The van der Waals surface area contributed by atoms with Gasteiger partial charge in [0.15, 0.2) is 0 Å². The van der Waals surface area contributed by atoms with Gasteiger partial charge in [0.25, 0.3) is 0 Å². The van der Waals surface area contributed by atoms with Gasteiger partial charge in [-0.15, -0.1) is 11.3 Å². The van der Waals surface area contributed by atoms with Crippen molar-refractivity contribution in [2.45, 2.75) is 45.1 Å². The zero-order chi connectivity index (χ0) is 14.7. The lowest BCUT2D eigenvalue weighted by Gasteiger charge is -2.19. The van der Waals surface area contributed by atoms with E-state index in [9.17, 15) is 0 Å². The van der Waals surface area contributed by atoms with Gasteiger partial charge in [0.1, 0.15) is 0 Å². The zero-order valence-electron chi connectivity index (χ0n) is 12.5. The van der Waals surface area contributed by atoms with E-state index >= 15 is 0 Å². The number of nitrogens with one attached hydrogen (secondary N) is 1. The molecule has 21 heavy (non-hydrogen) atoms. The molecule has 0 saturated carbocycles. The lowest BCUT2D eigenvalue weighted by Crippen LogP contribution is -2.22. The predicted octanol–water partition coefficient (Wildman–Crippen LogP) is 5.37. The Labute approximate surface area is 136 Å². The van der Waals surface area contributed by atoms with Gasteiger partial charge in [0.2, 0.25) is 0 Å². The van der Waals surface area contributed by atoms with Crippen molar-refractivity contribution in [1.29, 1.82) is 0 Å².